The first-order valence-electron chi connectivity index (χ1n) is 6.45. The van der Waals surface area contributed by atoms with Crippen molar-refractivity contribution in [2.45, 2.75) is 32.9 Å². The van der Waals surface area contributed by atoms with E-state index in [0.717, 1.165) is 16.7 Å². The molecule has 0 bridgehead atoms. The Morgan fingerprint density at radius 3 is 3.00 bits per heavy atom. The summed E-state index contributed by atoms with van der Waals surface area (Å²) in [4.78, 5) is 4.33. The molecular weight excluding hydrogens is 244 g/mol. The Morgan fingerprint density at radius 1 is 1.47 bits per heavy atom. The fraction of sp³-hybridized carbons (Fsp3) is 0.500. The predicted octanol–water partition coefficient (Wildman–Crippen LogP) is 1.87. The largest absolute Gasteiger partial charge is 0.474 e. The molecular formula is C14H20N2O3. The second-order valence-corrected chi connectivity index (χ2v) is 4.93. The molecule has 104 valence electrons. The van der Waals surface area contributed by atoms with Crippen molar-refractivity contribution in [3.63, 3.8) is 0 Å². The molecule has 0 spiro atoms. The van der Waals surface area contributed by atoms with Crippen LogP contribution in [0.3, 0.4) is 0 Å². The third-order valence-corrected chi connectivity index (χ3v) is 2.72. The number of pyridine rings is 1. The first kappa shape index (κ1) is 13.8. The SMILES string of the molecule is Cc1cc2occc2c(OCC(O)CNC(C)C)n1. The normalized spacial score (nSPS) is 13.1. The van der Waals surface area contributed by atoms with E-state index in [9.17, 15) is 5.11 Å². The maximum Gasteiger partial charge on any atom is 0.225 e. The summed E-state index contributed by atoms with van der Waals surface area (Å²) < 4.78 is 10.9. The van der Waals surface area contributed by atoms with Gasteiger partial charge in [0.2, 0.25) is 5.88 Å². The Labute approximate surface area is 112 Å². The lowest BCUT2D eigenvalue weighted by atomic mass is 10.3. The molecule has 19 heavy (non-hydrogen) atoms. The Kier molecular flexibility index (Phi) is 4.39. The van der Waals surface area contributed by atoms with Crippen molar-refractivity contribution in [2.24, 2.45) is 0 Å². The van der Waals surface area contributed by atoms with Crippen LogP contribution in [0.25, 0.3) is 11.0 Å². The molecule has 1 unspecified atom stereocenters. The van der Waals surface area contributed by atoms with Gasteiger partial charge in [0.15, 0.2) is 0 Å². The maximum absolute atomic E-state index is 9.81. The van der Waals surface area contributed by atoms with Crippen LogP contribution in [0.1, 0.15) is 19.5 Å². The Balaban J connectivity index is 1.99. The van der Waals surface area contributed by atoms with Crippen molar-refractivity contribution in [3.8, 4) is 5.88 Å². The van der Waals surface area contributed by atoms with Crippen molar-refractivity contribution in [2.75, 3.05) is 13.2 Å². The quantitative estimate of drug-likeness (QED) is 0.833. The fourth-order valence-electron chi connectivity index (χ4n) is 1.77. The highest BCUT2D eigenvalue weighted by Gasteiger charge is 2.11. The van der Waals surface area contributed by atoms with Crippen LogP contribution < -0.4 is 10.1 Å². The van der Waals surface area contributed by atoms with E-state index in [1.54, 1.807) is 6.26 Å². The number of ether oxygens (including phenoxy) is 1. The number of aryl methyl sites for hydroxylation is 1. The van der Waals surface area contributed by atoms with E-state index in [0.29, 0.717) is 18.5 Å². The minimum absolute atomic E-state index is 0.205. The zero-order valence-corrected chi connectivity index (χ0v) is 11.5. The fourth-order valence-corrected chi connectivity index (χ4v) is 1.77. The number of aliphatic hydroxyl groups is 1. The van der Waals surface area contributed by atoms with Crippen molar-refractivity contribution in [3.05, 3.63) is 24.1 Å². The van der Waals surface area contributed by atoms with Gasteiger partial charge in [-0.25, -0.2) is 4.98 Å². The van der Waals surface area contributed by atoms with E-state index in [2.05, 4.69) is 10.3 Å². The average Bonchev–Trinajstić information content (AvgIpc) is 2.81. The minimum Gasteiger partial charge on any atom is -0.474 e. The molecule has 2 heterocycles. The lowest BCUT2D eigenvalue weighted by molar-refractivity contribution is 0.103. The lowest BCUT2D eigenvalue weighted by Gasteiger charge is -2.15. The smallest absolute Gasteiger partial charge is 0.225 e. The summed E-state index contributed by atoms with van der Waals surface area (Å²) in [7, 11) is 0. The van der Waals surface area contributed by atoms with Crippen molar-refractivity contribution >= 4 is 11.0 Å². The molecule has 5 heteroatoms. The molecule has 2 aromatic rings. The first-order chi connectivity index (χ1) is 9.06. The van der Waals surface area contributed by atoms with E-state index in [-0.39, 0.29) is 6.61 Å². The van der Waals surface area contributed by atoms with E-state index in [1.165, 1.54) is 0 Å². The van der Waals surface area contributed by atoms with Crippen LogP contribution >= 0.6 is 0 Å². The Hall–Kier alpha value is -1.59. The second-order valence-electron chi connectivity index (χ2n) is 4.93. The van der Waals surface area contributed by atoms with Gasteiger partial charge in [-0.2, -0.15) is 0 Å². The highest BCUT2D eigenvalue weighted by atomic mass is 16.5. The molecule has 1 atom stereocenters. The maximum atomic E-state index is 9.81. The summed E-state index contributed by atoms with van der Waals surface area (Å²) in [6.07, 6.45) is 1.04. The number of hydrogen-bond acceptors (Lipinski definition) is 5. The summed E-state index contributed by atoms with van der Waals surface area (Å²) in [6.45, 7) is 6.65. The van der Waals surface area contributed by atoms with E-state index >= 15 is 0 Å². The van der Waals surface area contributed by atoms with Crippen LogP contribution in [0.5, 0.6) is 5.88 Å². The van der Waals surface area contributed by atoms with Crippen molar-refractivity contribution in [1.82, 2.24) is 10.3 Å². The van der Waals surface area contributed by atoms with Crippen LogP contribution in [0.2, 0.25) is 0 Å². The number of rotatable bonds is 6. The van der Waals surface area contributed by atoms with E-state index < -0.39 is 6.10 Å². The molecule has 0 aliphatic carbocycles. The van der Waals surface area contributed by atoms with Gasteiger partial charge < -0.3 is 19.6 Å². The molecule has 0 saturated heterocycles. The van der Waals surface area contributed by atoms with Gasteiger partial charge in [-0.3, -0.25) is 0 Å². The van der Waals surface area contributed by atoms with Gasteiger partial charge >= 0.3 is 0 Å². The van der Waals surface area contributed by atoms with Gasteiger partial charge in [-0.1, -0.05) is 13.8 Å². The number of nitrogens with zero attached hydrogens (tertiary/aromatic N) is 1. The highest BCUT2D eigenvalue weighted by molar-refractivity contribution is 5.82. The van der Waals surface area contributed by atoms with Crippen LogP contribution in [0.4, 0.5) is 0 Å². The molecule has 0 aliphatic rings. The molecule has 0 saturated carbocycles. The molecule has 0 aliphatic heterocycles. The standard InChI is InChI=1S/C14H20N2O3/c1-9(2)15-7-11(17)8-19-14-12-4-5-18-13(12)6-10(3)16-14/h4-6,9,11,15,17H,7-8H2,1-3H3. The monoisotopic (exact) mass is 264 g/mol. The topological polar surface area (TPSA) is 67.5 Å². The summed E-state index contributed by atoms with van der Waals surface area (Å²) >= 11 is 0. The zero-order valence-electron chi connectivity index (χ0n) is 11.5. The number of furan rings is 1. The van der Waals surface area contributed by atoms with Crippen LogP contribution in [-0.2, 0) is 0 Å². The third kappa shape index (κ3) is 3.68. The molecule has 0 fully saturated rings. The first-order valence-corrected chi connectivity index (χ1v) is 6.45. The summed E-state index contributed by atoms with van der Waals surface area (Å²) in [6, 6.07) is 4.02. The zero-order chi connectivity index (χ0) is 13.8. The molecule has 5 nitrogen and oxygen atoms in total. The molecule has 0 aromatic carbocycles. The van der Waals surface area contributed by atoms with Crippen LogP contribution in [-0.4, -0.2) is 35.4 Å². The van der Waals surface area contributed by atoms with E-state index in [1.807, 2.05) is 32.9 Å². The average molecular weight is 264 g/mol. The third-order valence-electron chi connectivity index (χ3n) is 2.72. The predicted molar refractivity (Wildman–Crippen MR) is 73.4 cm³/mol. The van der Waals surface area contributed by atoms with E-state index in [4.69, 9.17) is 9.15 Å². The number of fused-ring (bicyclic) bond motifs is 1. The highest BCUT2D eigenvalue weighted by Crippen LogP contribution is 2.25. The van der Waals surface area contributed by atoms with Crippen LogP contribution in [0.15, 0.2) is 22.8 Å². The van der Waals surface area contributed by atoms with Crippen molar-refractivity contribution in [1.29, 1.82) is 0 Å². The summed E-state index contributed by atoms with van der Waals surface area (Å²) in [5, 5.41) is 13.8. The molecule has 2 rings (SSSR count). The van der Waals surface area contributed by atoms with Crippen LogP contribution in [0, 0.1) is 6.92 Å². The molecule has 0 radical (unpaired) electrons. The van der Waals surface area contributed by atoms with Gasteiger partial charge in [0.25, 0.3) is 0 Å². The molecule has 2 N–H and O–H groups in total. The number of hydrogen-bond donors (Lipinski definition) is 2. The Morgan fingerprint density at radius 2 is 2.26 bits per heavy atom. The van der Waals surface area contributed by atoms with Gasteiger partial charge in [0, 0.05) is 24.3 Å². The lowest BCUT2D eigenvalue weighted by Crippen LogP contribution is -2.35. The number of aliphatic hydroxyl groups excluding tert-OH is 1. The van der Waals surface area contributed by atoms with Crippen molar-refractivity contribution < 1.29 is 14.3 Å². The molecule has 0 amide bonds. The van der Waals surface area contributed by atoms with Gasteiger partial charge in [-0.15, -0.1) is 0 Å². The Bertz CT molecular complexity index is 536. The van der Waals surface area contributed by atoms with Gasteiger partial charge in [0.1, 0.15) is 18.3 Å². The summed E-state index contributed by atoms with van der Waals surface area (Å²) in [5.41, 5.74) is 1.57. The number of aromatic nitrogens is 1. The molecule has 2 aromatic heterocycles. The second kappa shape index (κ2) is 6.04. The van der Waals surface area contributed by atoms with Gasteiger partial charge in [0.05, 0.1) is 11.6 Å². The summed E-state index contributed by atoms with van der Waals surface area (Å²) in [5.74, 6) is 0.507. The number of nitrogens with one attached hydrogen (secondary N) is 1. The van der Waals surface area contributed by atoms with Gasteiger partial charge in [-0.05, 0) is 13.0 Å². The minimum atomic E-state index is -0.563.